The van der Waals surface area contributed by atoms with Crippen molar-refractivity contribution in [2.45, 2.75) is 96.8 Å². The third-order valence-corrected chi connectivity index (χ3v) is 4.89. The van der Waals surface area contributed by atoms with Crippen molar-refractivity contribution < 1.29 is 5.11 Å². The highest BCUT2D eigenvalue weighted by atomic mass is 16.3. The quantitative estimate of drug-likeness (QED) is 0.424. The lowest BCUT2D eigenvalue weighted by Crippen LogP contribution is -2.47. The molecule has 0 bridgehead atoms. The summed E-state index contributed by atoms with van der Waals surface area (Å²) in [5, 5.41) is 9.94. The summed E-state index contributed by atoms with van der Waals surface area (Å²) in [4.78, 5) is 0. The van der Waals surface area contributed by atoms with Crippen LogP contribution in [0.15, 0.2) is 0 Å². The molecular weight excluding hydrogens is 230 g/mol. The molecule has 0 amide bonds. The van der Waals surface area contributed by atoms with Crippen LogP contribution in [0.2, 0.25) is 0 Å². The van der Waals surface area contributed by atoms with E-state index in [2.05, 4.69) is 20.8 Å². The summed E-state index contributed by atoms with van der Waals surface area (Å²) in [6.07, 6.45) is 14.2. The summed E-state index contributed by atoms with van der Waals surface area (Å²) in [6.45, 7) is 6.80. The topological polar surface area (TPSA) is 20.2 Å². The van der Waals surface area contributed by atoms with Gasteiger partial charge in [0.05, 0.1) is 0 Å². The molecule has 19 heavy (non-hydrogen) atoms. The van der Waals surface area contributed by atoms with Gasteiger partial charge in [0, 0.05) is 5.40 Å². The molecule has 1 atom stereocenters. The Morgan fingerprint density at radius 2 is 1.11 bits per heavy atom. The van der Waals surface area contributed by atoms with E-state index < -0.39 is 5.40 Å². The minimum absolute atomic E-state index is 0.0902. The van der Waals surface area contributed by atoms with Crippen molar-refractivity contribution in [2.75, 3.05) is 0 Å². The van der Waals surface area contributed by atoms with Crippen LogP contribution in [0.3, 0.4) is 0 Å². The van der Waals surface area contributed by atoms with Crippen molar-refractivity contribution in [1.82, 2.24) is 0 Å². The van der Waals surface area contributed by atoms with Crippen LogP contribution in [0.1, 0.15) is 91.4 Å². The Labute approximate surface area is 123 Å². The van der Waals surface area contributed by atoms with Crippen molar-refractivity contribution in [2.24, 2.45) is 5.41 Å². The molecule has 0 radical (unpaired) electrons. The number of aliphatic hydroxyl groups is 1. The van der Waals surface area contributed by atoms with E-state index in [-0.39, 0.29) is 5.41 Å². The Morgan fingerprint density at radius 3 is 1.47 bits per heavy atom. The van der Waals surface area contributed by atoms with Crippen LogP contribution in [-0.4, -0.2) is 26.2 Å². The smallest absolute Gasteiger partial charge is 0.132 e. The number of hydrogen-bond donors (Lipinski definition) is 1. The summed E-state index contributed by atoms with van der Waals surface area (Å²) in [7, 11) is 4.00. The standard InChI is InChI=1S/C16H36B2O/c1-4-6-8-10-12-14-15(3,16(17,18)19)13-11-9-7-5-2/h19H,4-14,17-18H2,1-3H3. The average molecular weight is 266 g/mol. The van der Waals surface area contributed by atoms with Crippen LogP contribution in [0.25, 0.3) is 0 Å². The van der Waals surface area contributed by atoms with Gasteiger partial charge in [0.15, 0.2) is 0 Å². The molecule has 0 aromatic carbocycles. The average Bonchev–Trinajstić information content (AvgIpc) is 2.33. The van der Waals surface area contributed by atoms with E-state index in [1.165, 1.54) is 70.6 Å². The first-order chi connectivity index (χ1) is 8.87. The monoisotopic (exact) mass is 266 g/mol. The van der Waals surface area contributed by atoms with Crippen molar-refractivity contribution in [3.63, 3.8) is 0 Å². The molecule has 0 spiro atoms. The summed E-state index contributed by atoms with van der Waals surface area (Å²) in [5.74, 6) is 0. The SMILES string of the molecule is BC(B)(O)C(C)(CCCCCC)CCCCCCC. The Hall–Kier alpha value is 0.0899. The van der Waals surface area contributed by atoms with Gasteiger partial charge in [0.25, 0.3) is 0 Å². The number of unbranched alkanes of at least 4 members (excludes halogenated alkanes) is 7. The minimum atomic E-state index is -0.552. The molecule has 0 rings (SSSR count). The van der Waals surface area contributed by atoms with Gasteiger partial charge in [-0.1, -0.05) is 78.6 Å². The van der Waals surface area contributed by atoms with Crippen LogP contribution in [0.4, 0.5) is 0 Å². The number of rotatable bonds is 12. The zero-order valence-electron chi connectivity index (χ0n) is 14.2. The maximum Gasteiger partial charge on any atom is 0.132 e. The molecule has 0 saturated carbocycles. The van der Waals surface area contributed by atoms with Crippen molar-refractivity contribution in [3.05, 3.63) is 0 Å². The first-order valence-corrected chi connectivity index (χ1v) is 8.59. The third-order valence-electron chi connectivity index (χ3n) is 4.89. The van der Waals surface area contributed by atoms with Gasteiger partial charge in [-0.05, 0) is 18.3 Å². The lowest BCUT2D eigenvalue weighted by Gasteiger charge is -2.42. The van der Waals surface area contributed by atoms with Crippen LogP contribution >= 0.6 is 0 Å². The van der Waals surface area contributed by atoms with Gasteiger partial charge in [-0.25, -0.2) is 0 Å². The highest BCUT2D eigenvalue weighted by Crippen LogP contribution is 2.38. The molecule has 0 aliphatic carbocycles. The highest BCUT2D eigenvalue weighted by molar-refractivity contribution is 6.39. The van der Waals surface area contributed by atoms with Crippen molar-refractivity contribution in [3.8, 4) is 0 Å². The molecule has 1 nitrogen and oxygen atoms in total. The van der Waals surface area contributed by atoms with Crippen molar-refractivity contribution in [1.29, 1.82) is 0 Å². The van der Waals surface area contributed by atoms with E-state index in [1.807, 2.05) is 15.7 Å². The third kappa shape index (κ3) is 8.07. The van der Waals surface area contributed by atoms with Gasteiger partial charge in [0.1, 0.15) is 15.7 Å². The zero-order valence-corrected chi connectivity index (χ0v) is 14.2. The Morgan fingerprint density at radius 1 is 0.737 bits per heavy atom. The zero-order chi connectivity index (χ0) is 14.8. The fourth-order valence-corrected chi connectivity index (χ4v) is 2.80. The molecule has 1 N–H and O–H groups in total. The molecule has 3 heteroatoms. The van der Waals surface area contributed by atoms with E-state index >= 15 is 0 Å². The lowest BCUT2D eigenvalue weighted by atomic mass is 9.48. The summed E-state index contributed by atoms with van der Waals surface area (Å²) >= 11 is 0. The molecule has 0 aliphatic heterocycles. The highest BCUT2D eigenvalue weighted by Gasteiger charge is 2.37. The van der Waals surface area contributed by atoms with E-state index in [9.17, 15) is 5.11 Å². The molecule has 112 valence electrons. The van der Waals surface area contributed by atoms with Gasteiger partial charge in [0.2, 0.25) is 0 Å². The minimum Gasteiger partial charge on any atom is -0.407 e. The van der Waals surface area contributed by atoms with E-state index in [0.717, 1.165) is 0 Å². The van der Waals surface area contributed by atoms with E-state index in [4.69, 9.17) is 0 Å². The summed E-state index contributed by atoms with van der Waals surface area (Å²) < 4.78 is 0. The van der Waals surface area contributed by atoms with Gasteiger partial charge < -0.3 is 5.11 Å². The molecule has 1 unspecified atom stereocenters. The second-order valence-electron chi connectivity index (χ2n) is 7.09. The first-order valence-electron chi connectivity index (χ1n) is 8.59. The largest absolute Gasteiger partial charge is 0.407 e. The predicted octanol–water partition coefficient (Wildman–Crippen LogP) is 3.24. The van der Waals surface area contributed by atoms with Crippen LogP contribution in [0, 0.1) is 5.41 Å². The van der Waals surface area contributed by atoms with Crippen LogP contribution in [-0.2, 0) is 0 Å². The van der Waals surface area contributed by atoms with Gasteiger partial charge >= 0.3 is 0 Å². The fraction of sp³-hybridized carbons (Fsp3) is 1.00. The van der Waals surface area contributed by atoms with Gasteiger partial charge in [-0.2, -0.15) is 0 Å². The maximum absolute atomic E-state index is 10.5. The lowest BCUT2D eigenvalue weighted by molar-refractivity contribution is 0.0463. The Bertz CT molecular complexity index is 213. The summed E-state index contributed by atoms with van der Waals surface area (Å²) in [6, 6.07) is 0. The second kappa shape index (κ2) is 9.91. The molecule has 0 fully saturated rings. The predicted molar refractivity (Wildman–Crippen MR) is 92.3 cm³/mol. The van der Waals surface area contributed by atoms with Gasteiger partial charge in [-0.15, -0.1) is 0 Å². The number of hydrogen-bond acceptors (Lipinski definition) is 1. The van der Waals surface area contributed by atoms with Crippen LogP contribution < -0.4 is 0 Å². The molecule has 0 aromatic rings. The molecule has 0 aromatic heterocycles. The van der Waals surface area contributed by atoms with E-state index in [0.29, 0.717) is 0 Å². The Balaban J connectivity index is 4.13. The molecular formula is C16H36B2O. The molecule has 0 heterocycles. The normalized spacial score (nSPS) is 15.4. The molecule has 0 aliphatic rings. The second-order valence-corrected chi connectivity index (χ2v) is 7.09. The maximum atomic E-state index is 10.5. The van der Waals surface area contributed by atoms with E-state index in [1.54, 1.807) is 0 Å². The van der Waals surface area contributed by atoms with Gasteiger partial charge in [-0.3, -0.25) is 0 Å². The fourth-order valence-electron chi connectivity index (χ4n) is 2.80. The van der Waals surface area contributed by atoms with Crippen molar-refractivity contribution >= 4 is 15.7 Å². The van der Waals surface area contributed by atoms with Crippen LogP contribution in [0.5, 0.6) is 0 Å². The molecule has 0 saturated heterocycles. The summed E-state index contributed by atoms with van der Waals surface area (Å²) in [5.41, 5.74) is 0.0902. The first kappa shape index (κ1) is 19.1. The Kier molecular flexibility index (Phi) is 9.96.